The highest BCUT2D eigenvalue weighted by Crippen LogP contribution is 2.32. The number of nitrogens with zero attached hydrogens (tertiary/aromatic N) is 2. The Morgan fingerprint density at radius 2 is 1.84 bits per heavy atom. The SMILES string of the molecule is CCN(CC)c1ccc(S(=O)(=O)N2CCOCC2)cc1NC(=O)c1cc(SC)ccc1Cl. The molecule has 32 heavy (non-hydrogen) atoms. The van der Waals surface area contributed by atoms with Crippen LogP contribution in [0, 0.1) is 0 Å². The van der Waals surface area contributed by atoms with E-state index in [4.69, 9.17) is 16.3 Å². The maximum atomic E-state index is 13.2. The number of amides is 1. The number of ether oxygens (including phenoxy) is 1. The molecular formula is C22H28ClN3O4S2. The van der Waals surface area contributed by atoms with Crippen LogP contribution < -0.4 is 10.2 Å². The Morgan fingerprint density at radius 1 is 1.16 bits per heavy atom. The van der Waals surface area contributed by atoms with Crippen molar-refractivity contribution in [1.82, 2.24) is 4.31 Å². The molecule has 1 saturated heterocycles. The van der Waals surface area contributed by atoms with Gasteiger partial charge in [0.05, 0.1) is 40.1 Å². The number of hydrogen-bond donors (Lipinski definition) is 1. The Bertz CT molecular complexity index is 1070. The molecule has 1 aliphatic heterocycles. The summed E-state index contributed by atoms with van der Waals surface area (Å²) >= 11 is 7.79. The second-order valence-electron chi connectivity index (χ2n) is 7.17. The standard InChI is InChI=1S/C22H28ClN3O4S2/c1-4-25(5-2)21-9-7-17(32(28,29)26-10-12-30-13-11-26)15-20(21)24-22(27)18-14-16(31-3)6-8-19(18)23/h6-9,14-15H,4-5,10-13H2,1-3H3,(H,24,27). The lowest BCUT2D eigenvalue weighted by Gasteiger charge is -2.28. The lowest BCUT2D eigenvalue weighted by atomic mass is 10.2. The van der Waals surface area contributed by atoms with Crippen LogP contribution in [0.15, 0.2) is 46.2 Å². The van der Waals surface area contributed by atoms with Gasteiger partial charge in [-0.3, -0.25) is 4.79 Å². The molecule has 1 amide bonds. The summed E-state index contributed by atoms with van der Waals surface area (Å²) in [7, 11) is -3.71. The molecule has 1 heterocycles. The second kappa shape index (κ2) is 10.9. The molecule has 2 aromatic rings. The summed E-state index contributed by atoms with van der Waals surface area (Å²) < 4.78 is 33.0. The van der Waals surface area contributed by atoms with E-state index in [1.54, 1.807) is 24.3 Å². The molecule has 0 atom stereocenters. The van der Waals surface area contributed by atoms with Crippen LogP contribution in [-0.4, -0.2) is 64.3 Å². The van der Waals surface area contributed by atoms with Gasteiger partial charge in [-0.05, 0) is 56.5 Å². The zero-order valence-corrected chi connectivity index (χ0v) is 20.8. The molecule has 0 aromatic heterocycles. The molecule has 0 aliphatic carbocycles. The number of nitrogens with one attached hydrogen (secondary N) is 1. The summed E-state index contributed by atoms with van der Waals surface area (Å²) in [6.07, 6.45) is 1.92. The van der Waals surface area contributed by atoms with Crippen LogP contribution in [0.5, 0.6) is 0 Å². The average Bonchev–Trinajstić information content (AvgIpc) is 2.81. The van der Waals surface area contributed by atoms with E-state index in [0.29, 0.717) is 55.7 Å². The van der Waals surface area contributed by atoms with Crippen molar-refractivity contribution in [3.63, 3.8) is 0 Å². The Labute approximate surface area is 199 Å². The zero-order chi connectivity index (χ0) is 23.3. The van der Waals surface area contributed by atoms with Gasteiger partial charge < -0.3 is 15.0 Å². The van der Waals surface area contributed by atoms with E-state index in [1.165, 1.54) is 22.1 Å². The maximum Gasteiger partial charge on any atom is 0.257 e. The number of carbonyl (C=O) groups is 1. The highest BCUT2D eigenvalue weighted by atomic mass is 35.5. The molecule has 1 N–H and O–H groups in total. The molecule has 0 spiro atoms. The summed E-state index contributed by atoms with van der Waals surface area (Å²) in [5.74, 6) is -0.389. The molecule has 0 saturated carbocycles. The third-order valence-electron chi connectivity index (χ3n) is 5.35. The average molecular weight is 498 g/mol. The predicted octanol–water partition coefficient (Wildman–Crippen LogP) is 4.18. The van der Waals surface area contributed by atoms with Gasteiger partial charge >= 0.3 is 0 Å². The number of anilines is 2. The van der Waals surface area contributed by atoms with Gasteiger partial charge in [0.25, 0.3) is 5.91 Å². The first kappa shape index (κ1) is 24.9. The van der Waals surface area contributed by atoms with Gasteiger partial charge in [-0.25, -0.2) is 8.42 Å². The van der Waals surface area contributed by atoms with Crippen LogP contribution in [-0.2, 0) is 14.8 Å². The summed E-state index contributed by atoms with van der Waals surface area (Å²) in [6.45, 7) is 6.76. The van der Waals surface area contributed by atoms with Crippen molar-refractivity contribution in [2.75, 3.05) is 55.9 Å². The Morgan fingerprint density at radius 3 is 2.47 bits per heavy atom. The summed E-state index contributed by atoms with van der Waals surface area (Å²) in [5, 5.41) is 3.24. The quantitative estimate of drug-likeness (QED) is 0.551. The Balaban J connectivity index is 2.01. The van der Waals surface area contributed by atoms with E-state index in [1.807, 2.05) is 26.2 Å². The van der Waals surface area contributed by atoms with Gasteiger partial charge in [-0.1, -0.05) is 11.6 Å². The molecule has 0 bridgehead atoms. The Hall–Kier alpha value is -1.78. The minimum Gasteiger partial charge on any atom is -0.379 e. The van der Waals surface area contributed by atoms with E-state index in [-0.39, 0.29) is 10.8 Å². The van der Waals surface area contributed by atoms with Gasteiger partial charge in [0.15, 0.2) is 0 Å². The normalized spacial score (nSPS) is 14.9. The number of halogens is 1. The molecule has 174 valence electrons. The van der Waals surface area contributed by atoms with Gasteiger partial charge in [0.2, 0.25) is 10.0 Å². The fourth-order valence-corrected chi connectivity index (χ4v) is 5.62. The van der Waals surface area contributed by atoms with E-state index in [2.05, 4.69) is 10.2 Å². The Kier molecular flexibility index (Phi) is 8.46. The van der Waals surface area contributed by atoms with Crippen LogP contribution in [0.2, 0.25) is 5.02 Å². The first-order chi connectivity index (χ1) is 15.3. The second-order valence-corrected chi connectivity index (χ2v) is 10.4. The maximum absolute atomic E-state index is 13.2. The highest BCUT2D eigenvalue weighted by Gasteiger charge is 2.28. The van der Waals surface area contributed by atoms with Gasteiger partial charge in [-0.2, -0.15) is 4.31 Å². The minimum absolute atomic E-state index is 0.134. The molecule has 3 rings (SSSR count). The van der Waals surface area contributed by atoms with E-state index < -0.39 is 10.0 Å². The van der Waals surface area contributed by atoms with Gasteiger partial charge in [0.1, 0.15) is 0 Å². The lowest BCUT2D eigenvalue weighted by molar-refractivity contribution is 0.0730. The predicted molar refractivity (Wildman–Crippen MR) is 131 cm³/mol. The molecule has 0 unspecified atom stereocenters. The van der Waals surface area contributed by atoms with Crippen LogP contribution in [0.25, 0.3) is 0 Å². The van der Waals surface area contributed by atoms with Crippen LogP contribution in [0.4, 0.5) is 11.4 Å². The lowest BCUT2D eigenvalue weighted by Crippen LogP contribution is -2.40. The van der Waals surface area contributed by atoms with Crippen molar-refractivity contribution < 1.29 is 17.9 Å². The molecule has 10 heteroatoms. The van der Waals surface area contributed by atoms with Gasteiger partial charge in [0, 0.05) is 31.1 Å². The zero-order valence-electron chi connectivity index (χ0n) is 18.4. The van der Waals surface area contributed by atoms with Gasteiger partial charge in [-0.15, -0.1) is 11.8 Å². The highest BCUT2D eigenvalue weighted by molar-refractivity contribution is 7.98. The number of morpholine rings is 1. The molecule has 7 nitrogen and oxygen atoms in total. The van der Waals surface area contributed by atoms with Crippen LogP contribution in [0.3, 0.4) is 0 Å². The number of sulfonamides is 1. The summed E-state index contributed by atoms with van der Waals surface area (Å²) in [5.41, 5.74) is 1.52. The fraction of sp³-hybridized carbons (Fsp3) is 0.409. The number of thioether (sulfide) groups is 1. The van der Waals surface area contributed by atoms with E-state index >= 15 is 0 Å². The topological polar surface area (TPSA) is 79.0 Å². The monoisotopic (exact) mass is 497 g/mol. The van der Waals surface area contributed by atoms with Crippen LogP contribution in [0.1, 0.15) is 24.2 Å². The molecule has 1 fully saturated rings. The third kappa shape index (κ3) is 5.40. The van der Waals surface area contributed by atoms with E-state index in [9.17, 15) is 13.2 Å². The first-order valence-electron chi connectivity index (χ1n) is 10.4. The van der Waals surface area contributed by atoms with Crippen molar-refractivity contribution >= 4 is 50.7 Å². The minimum atomic E-state index is -3.71. The fourth-order valence-electron chi connectivity index (χ4n) is 3.55. The number of hydrogen-bond acceptors (Lipinski definition) is 6. The van der Waals surface area contributed by atoms with Crippen molar-refractivity contribution in [3.05, 3.63) is 47.0 Å². The summed E-state index contributed by atoms with van der Waals surface area (Å²) in [4.78, 5) is 16.2. The van der Waals surface area contributed by atoms with Crippen molar-refractivity contribution in [2.24, 2.45) is 0 Å². The molecule has 1 aliphatic rings. The van der Waals surface area contributed by atoms with Crippen molar-refractivity contribution in [1.29, 1.82) is 0 Å². The van der Waals surface area contributed by atoms with Crippen molar-refractivity contribution in [3.8, 4) is 0 Å². The number of benzene rings is 2. The molecule has 2 aromatic carbocycles. The largest absolute Gasteiger partial charge is 0.379 e. The summed E-state index contributed by atoms with van der Waals surface area (Å²) in [6, 6.07) is 10.1. The van der Waals surface area contributed by atoms with E-state index in [0.717, 1.165) is 10.6 Å². The number of carbonyl (C=O) groups excluding carboxylic acids is 1. The number of rotatable bonds is 8. The first-order valence-corrected chi connectivity index (χ1v) is 13.5. The molecular weight excluding hydrogens is 470 g/mol. The van der Waals surface area contributed by atoms with Crippen LogP contribution >= 0.6 is 23.4 Å². The third-order valence-corrected chi connectivity index (χ3v) is 8.30. The van der Waals surface area contributed by atoms with Crippen molar-refractivity contribution in [2.45, 2.75) is 23.6 Å². The smallest absolute Gasteiger partial charge is 0.257 e. The molecule has 0 radical (unpaired) electrons.